The summed E-state index contributed by atoms with van der Waals surface area (Å²) >= 11 is 0. The fraction of sp³-hybridized carbons (Fsp3) is 0.875. The molecule has 2 amide bonds. The van der Waals surface area contributed by atoms with Crippen molar-refractivity contribution in [1.82, 2.24) is 10.6 Å². The summed E-state index contributed by atoms with van der Waals surface area (Å²) in [5.41, 5.74) is 0. The molecule has 2 rings (SSSR count). The van der Waals surface area contributed by atoms with Gasteiger partial charge in [0.2, 0.25) is 11.8 Å². The van der Waals surface area contributed by atoms with E-state index in [0.717, 1.165) is 19.3 Å². The molecule has 2 fully saturated rings. The van der Waals surface area contributed by atoms with Gasteiger partial charge in [-0.05, 0) is 37.0 Å². The third-order valence-corrected chi connectivity index (χ3v) is 4.52. The highest BCUT2D eigenvalue weighted by Gasteiger charge is 2.40. The Balaban J connectivity index is 1.77. The Morgan fingerprint density at radius 3 is 2.00 bits per heavy atom. The molecule has 2 aliphatic carbocycles. The maximum atomic E-state index is 12.0. The van der Waals surface area contributed by atoms with Crippen LogP contribution in [-0.2, 0) is 9.59 Å². The molecular weight excluding hydrogens is 252 g/mol. The molecule has 0 radical (unpaired) electrons. The van der Waals surface area contributed by atoms with Gasteiger partial charge in [0.25, 0.3) is 0 Å². The van der Waals surface area contributed by atoms with Gasteiger partial charge in [-0.1, -0.05) is 27.7 Å². The molecule has 0 aromatic heterocycles. The first-order chi connectivity index (χ1) is 9.38. The normalized spacial score (nSPS) is 32.6. The van der Waals surface area contributed by atoms with E-state index in [2.05, 4.69) is 38.3 Å². The van der Waals surface area contributed by atoms with Gasteiger partial charge in [0, 0.05) is 24.4 Å². The number of amides is 2. The van der Waals surface area contributed by atoms with E-state index >= 15 is 0 Å². The summed E-state index contributed by atoms with van der Waals surface area (Å²) in [6.45, 7) is 9.06. The van der Waals surface area contributed by atoms with Crippen molar-refractivity contribution in [2.45, 2.75) is 53.0 Å². The lowest BCUT2D eigenvalue weighted by atomic mass is 10.0. The van der Waals surface area contributed by atoms with Gasteiger partial charge >= 0.3 is 0 Å². The van der Waals surface area contributed by atoms with Crippen LogP contribution in [0.4, 0.5) is 0 Å². The highest BCUT2D eigenvalue weighted by Crippen LogP contribution is 2.38. The van der Waals surface area contributed by atoms with Crippen molar-refractivity contribution in [1.29, 1.82) is 0 Å². The SMILES string of the molecule is CC(C)C[C@H](CNC(=O)[C@@H]1C[C@@H]1C)NC(=O)[C@H]1C[C@@H]1C. The number of carbonyl (C=O) groups is 2. The summed E-state index contributed by atoms with van der Waals surface area (Å²) in [5.74, 6) is 2.28. The third-order valence-electron chi connectivity index (χ3n) is 4.52. The van der Waals surface area contributed by atoms with Crippen LogP contribution in [0.15, 0.2) is 0 Å². The Bertz CT molecular complexity index is 381. The minimum absolute atomic E-state index is 0.0632. The number of nitrogens with one attached hydrogen (secondary N) is 2. The van der Waals surface area contributed by atoms with E-state index in [1.54, 1.807) is 0 Å². The van der Waals surface area contributed by atoms with Crippen molar-refractivity contribution >= 4 is 11.8 Å². The Hall–Kier alpha value is -1.06. The fourth-order valence-corrected chi connectivity index (χ4v) is 2.80. The fourth-order valence-electron chi connectivity index (χ4n) is 2.80. The van der Waals surface area contributed by atoms with E-state index in [4.69, 9.17) is 0 Å². The van der Waals surface area contributed by atoms with E-state index in [-0.39, 0.29) is 29.7 Å². The van der Waals surface area contributed by atoms with Gasteiger partial charge in [-0.2, -0.15) is 0 Å². The highest BCUT2D eigenvalue weighted by atomic mass is 16.2. The van der Waals surface area contributed by atoms with Gasteiger partial charge in [-0.3, -0.25) is 9.59 Å². The van der Waals surface area contributed by atoms with E-state index < -0.39 is 0 Å². The van der Waals surface area contributed by atoms with Crippen molar-refractivity contribution in [3.63, 3.8) is 0 Å². The molecule has 0 saturated heterocycles. The molecule has 0 heterocycles. The smallest absolute Gasteiger partial charge is 0.223 e. The Morgan fingerprint density at radius 1 is 1.05 bits per heavy atom. The number of hydrogen-bond donors (Lipinski definition) is 2. The number of rotatable bonds is 7. The summed E-state index contributed by atoms with van der Waals surface area (Å²) in [7, 11) is 0. The van der Waals surface area contributed by atoms with Gasteiger partial charge < -0.3 is 10.6 Å². The summed E-state index contributed by atoms with van der Waals surface area (Å²) in [6.07, 6.45) is 2.92. The molecule has 20 heavy (non-hydrogen) atoms. The molecule has 2 N–H and O–H groups in total. The van der Waals surface area contributed by atoms with Gasteiger partial charge in [-0.15, -0.1) is 0 Å². The molecule has 4 nitrogen and oxygen atoms in total. The first-order valence-electron chi connectivity index (χ1n) is 7.96. The Morgan fingerprint density at radius 2 is 1.55 bits per heavy atom. The molecule has 0 aromatic rings. The lowest BCUT2D eigenvalue weighted by Gasteiger charge is -2.21. The second-order valence-electron chi connectivity index (χ2n) is 7.22. The summed E-state index contributed by atoms with van der Waals surface area (Å²) in [5, 5.41) is 6.12. The van der Waals surface area contributed by atoms with Crippen molar-refractivity contribution < 1.29 is 9.59 Å². The van der Waals surface area contributed by atoms with Gasteiger partial charge in [-0.25, -0.2) is 0 Å². The Labute approximate surface area is 122 Å². The van der Waals surface area contributed by atoms with Crippen LogP contribution in [0.25, 0.3) is 0 Å². The molecule has 0 bridgehead atoms. The van der Waals surface area contributed by atoms with Crippen molar-refractivity contribution in [2.75, 3.05) is 6.54 Å². The molecule has 114 valence electrons. The van der Waals surface area contributed by atoms with Crippen molar-refractivity contribution in [2.24, 2.45) is 29.6 Å². The average Bonchev–Trinajstić information content (AvgIpc) is 3.24. The molecule has 0 aromatic carbocycles. The quantitative estimate of drug-likeness (QED) is 0.749. The van der Waals surface area contributed by atoms with Gasteiger partial charge in [0.1, 0.15) is 0 Å². The van der Waals surface area contributed by atoms with Crippen LogP contribution in [-0.4, -0.2) is 24.4 Å². The van der Waals surface area contributed by atoms with Gasteiger partial charge in [0.15, 0.2) is 0 Å². The number of carbonyl (C=O) groups excluding carboxylic acids is 2. The average molecular weight is 280 g/mol. The molecule has 5 atom stereocenters. The lowest BCUT2D eigenvalue weighted by Crippen LogP contribution is -2.45. The largest absolute Gasteiger partial charge is 0.354 e. The van der Waals surface area contributed by atoms with Crippen LogP contribution >= 0.6 is 0 Å². The molecule has 0 aliphatic heterocycles. The summed E-state index contributed by atoms with van der Waals surface area (Å²) in [4.78, 5) is 23.9. The second-order valence-corrected chi connectivity index (χ2v) is 7.22. The maximum absolute atomic E-state index is 12.0. The van der Waals surface area contributed by atoms with Crippen LogP contribution in [0.1, 0.15) is 47.0 Å². The predicted molar refractivity (Wildman–Crippen MR) is 78.9 cm³/mol. The molecule has 2 saturated carbocycles. The van der Waals surface area contributed by atoms with Crippen molar-refractivity contribution in [3.8, 4) is 0 Å². The maximum Gasteiger partial charge on any atom is 0.223 e. The molecular formula is C16H28N2O2. The molecule has 0 unspecified atom stereocenters. The van der Waals surface area contributed by atoms with Crippen LogP contribution in [0.5, 0.6) is 0 Å². The molecule has 4 heteroatoms. The van der Waals surface area contributed by atoms with E-state index in [1.807, 2.05) is 0 Å². The minimum atomic E-state index is 0.0632. The predicted octanol–water partition coefficient (Wildman–Crippen LogP) is 1.95. The highest BCUT2D eigenvalue weighted by molar-refractivity contribution is 5.82. The topological polar surface area (TPSA) is 58.2 Å². The van der Waals surface area contributed by atoms with Crippen LogP contribution in [0.3, 0.4) is 0 Å². The van der Waals surface area contributed by atoms with Crippen LogP contribution in [0, 0.1) is 29.6 Å². The first kappa shape index (κ1) is 15.3. The van der Waals surface area contributed by atoms with E-state index in [9.17, 15) is 9.59 Å². The lowest BCUT2D eigenvalue weighted by molar-refractivity contribution is -0.125. The van der Waals surface area contributed by atoms with Gasteiger partial charge in [0.05, 0.1) is 0 Å². The zero-order chi connectivity index (χ0) is 14.9. The van der Waals surface area contributed by atoms with Crippen LogP contribution < -0.4 is 10.6 Å². The van der Waals surface area contributed by atoms with Crippen molar-refractivity contribution in [3.05, 3.63) is 0 Å². The zero-order valence-corrected chi connectivity index (χ0v) is 13.1. The second kappa shape index (κ2) is 6.15. The third kappa shape index (κ3) is 4.22. The first-order valence-corrected chi connectivity index (χ1v) is 7.96. The van der Waals surface area contributed by atoms with Crippen LogP contribution in [0.2, 0.25) is 0 Å². The molecule has 0 spiro atoms. The summed E-state index contributed by atoms with van der Waals surface area (Å²) in [6, 6.07) is 0.0632. The Kier molecular flexibility index (Phi) is 4.71. The number of hydrogen-bond acceptors (Lipinski definition) is 2. The minimum Gasteiger partial charge on any atom is -0.354 e. The molecule has 2 aliphatic rings. The standard InChI is InChI=1S/C16H28N2O2/c1-9(2)5-12(18-16(20)14-7-11(14)4)8-17-15(19)13-6-10(13)3/h9-14H,5-8H2,1-4H3,(H,17,19)(H,18,20)/t10-,11-,12+,13+,14-/m0/s1. The monoisotopic (exact) mass is 280 g/mol. The van der Waals surface area contributed by atoms with E-state index in [1.165, 1.54) is 0 Å². The summed E-state index contributed by atoms with van der Waals surface area (Å²) < 4.78 is 0. The zero-order valence-electron chi connectivity index (χ0n) is 13.1. The van der Waals surface area contributed by atoms with E-state index in [0.29, 0.717) is 24.3 Å².